The summed E-state index contributed by atoms with van der Waals surface area (Å²) in [5.41, 5.74) is 0. The Bertz CT molecular complexity index is 765. The molecule has 0 aliphatic carbocycles. The average Bonchev–Trinajstić information content (AvgIpc) is 2.63. The van der Waals surface area contributed by atoms with Crippen molar-refractivity contribution in [3.05, 3.63) is 84.9 Å². The topological polar surface area (TPSA) is 0 Å². The van der Waals surface area contributed by atoms with Crippen molar-refractivity contribution in [2.75, 3.05) is 6.66 Å². The smallest absolute Gasteiger partial charge is 0.00741 e. The van der Waals surface area contributed by atoms with E-state index in [0.29, 0.717) is 5.16 Å². The van der Waals surface area contributed by atoms with E-state index in [9.17, 15) is 0 Å². The van der Waals surface area contributed by atoms with Gasteiger partial charge in [-0.1, -0.05) is 114 Å². The molecule has 2 heteroatoms. The fraction of sp³-hybridized carbons (Fsp3) is 0.217. The van der Waals surface area contributed by atoms with Crippen molar-refractivity contribution in [2.45, 2.75) is 25.9 Å². The molecule has 0 aromatic heterocycles. The fourth-order valence-corrected chi connectivity index (χ4v) is 7.41. The van der Waals surface area contributed by atoms with Gasteiger partial charge in [-0.05, 0) is 41.0 Å². The molecule has 25 heavy (non-hydrogen) atoms. The third-order valence-electron chi connectivity index (χ3n) is 4.52. The Labute approximate surface area is 154 Å². The second kappa shape index (κ2) is 7.82. The Morgan fingerprint density at radius 1 is 0.560 bits per heavy atom. The molecule has 0 nitrogen and oxygen atoms in total. The minimum Gasteiger partial charge on any atom is -0.0723 e. The van der Waals surface area contributed by atoms with Crippen molar-refractivity contribution in [2.24, 2.45) is 0 Å². The summed E-state index contributed by atoms with van der Waals surface area (Å²) < 4.78 is 0. The van der Waals surface area contributed by atoms with Crippen LogP contribution in [0.1, 0.15) is 20.8 Å². The van der Waals surface area contributed by atoms with Crippen LogP contribution in [0.2, 0.25) is 0 Å². The minimum atomic E-state index is -0.530. The number of hydrogen-bond donors (Lipinski definition) is 0. The molecule has 0 fully saturated rings. The Hall–Kier alpha value is -1.48. The van der Waals surface area contributed by atoms with Crippen molar-refractivity contribution in [3.8, 4) is 0 Å². The molecule has 0 heterocycles. The summed E-state index contributed by atoms with van der Waals surface area (Å²) in [4.78, 5) is 0. The molecule has 128 valence electrons. The van der Waals surface area contributed by atoms with Gasteiger partial charge in [0.25, 0.3) is 0 Å². The van der Waals surface area contributed by atoms with E-state index in [0.717, 1.165) is 0 Å². The molecule has 0 N–H and O–H groups in total. The number of rotatable bonds is 4. The van der Waals surface area contributed by atoms with Crippen molar-refractivity contribution in [3.63, 3.8) is 0 Å². The number of hydrogen-bond acceptors (Lipinski definition) is 0. The van der Waals surface area contributed by atoms with Gasteiger partial charge in [0.1, 0.15) is 0 Å². The van der Waals surface area contributed by atoms with Crippen LogP contribution >= 0.6 is 15.8 Å². The van der Waals surface area contributed by atoms with Crippen LogP contribution in [0.15, 0.2) is 84.9 Å². The first-order chi connectivity index (χ1) is 12.0. The van der Waals surface area contributed by atoms with E-state index in [1.165, 1.54) is 15.9 Å². The summed E-state index contributed by atoms with van der Waals surface area (Å²) in [5, 5.41) is 6.21. The van der Waals surface area contributed by atoms with Gasteiger partial charge in [0.15, 0.2) is 0 Å². The predicted octanol–water partition coefficient (Wildman–Crippen LogP) is 4.98. The van der Waals surface area contributed by atoms with Crippen LogP contribution in [0.3, 0.4) is 0 Å². The molecule has 3 aromatic carbocycles. The molecule has 3 rings (SSSR count). The highest BCUT2D eigenvalue weighted by atomic mass is 31.1. The standard InChI is InChI=1S/C23H26P2/c1-23(2,3)24(4)21-17-11-12-18-22(21)25(19-13-7-5-8-14-19)20-15-9-6-10-16-20/h5-18H,1-4H3/t24-/m0/s1. The highest BCUT2D eigenvalue weighted by Gasteiger charge is 2.27. The Kier molecular flexibility index (Phi) is 5.73. The minimum absolute atomic E-state index is 0.234. The molecule has 0 aliphatic rings. The summed E-state index contributed by atoms with van der Waals surface area (Å²) in [6.45, 7) is 9.52. The third-order valence-corrected chi connectivity index (χ3v) is 10.3. The van der Waals surface area contributed by atoms with Gasteiger partial charge in [0, 0.05) is 0 Å². The van der Waals surface area contributed by atoms with Crippen LogP contribution in [0.4, 0.5) is 0 Å². The molecule has 0 radical (unpaired) electrons. The Balaban J connectivity index is 2.19. The van der Waals surface area contributed by atoms with E-state index in [2.05, 4.69) is 112 Å². The zero-order chi connectivity index (χ0) is 17.9. The van der Waals surface area contributed by atoms with Crippen LogP contribution in [0.5, 0.6) is 0 Å². The lowest BCUT2D eigenvalue weighted by molar-refractivity contribution is 0.791. The maximum atomic E-state index is 2.43. The second-order valence-electron chi connectivity index (χ2n) is 7.23. The van der Waals surface area contributed by atoms with Gasteiger partial charge in [-0.2, -0.15) is 0 Å². The monoisotopic (exact) mass is 364 g/mol. The predicted molar refractivity (Wildman–Crippen MR) is 117 cm³/mol. The van der Waals surface area contributed by atoms with Gasteiger partial charge in [0.2, 0.25) is 0 Å². The quantitative estimate of drug-likeness (QED) is 0.573. The van der Waals surface area contributed by atoms with Crippen molar-refractivity contribution in [1.29, 1.82) is 0 Å². The Morgan fingerprint density at radius 2 is 0.960 bits per heavy atom. The summed E-state index contributed by atoms with van der Waals surface area (Å²) >= 11 is 0. The van der Waals surface area contributed by atoms with E-state index in [1.54, 1.807) is 5.30 Å². The van der Waals surface area contributed by atoms with Gasteiger partial charge in [-0.3, -0.25) is 0 Å². The van der Waals surface area contributed by atoms with Gasteiger partial charge in [0.05, 0.1) is 0 Å². The summed E-state index contributed by atoms with van der Waals surface area (Å²) in [6.07, 6.45) is 0. The lowest BCUT2D eigenvalue weighted by Gasteiger charge is -2.32. The zero-order valence-electron chi connectivity index (χ0n) is 15.5. The molecule has 0 bridgehead atoms. The largest absolute Gasteiger partial charge is 0.0723 e. The third kappa shape index (κ3) is 4.20. The van der Waals surface area contributed by atoms with Crippen LogP contribution < -0.4 is 21.2 Å². The maximum absolute atomic E-state index is 2.43. The van der Waals surface area contributed by atoms with Crippen molar-refractivity contribution in [1.82, 2.24) is 0 Å². The van der Waals surface area contributed by atoms with Gasteiger partial charge >= 0.3 is 0 Å². The van der Waals surface area contributed by atoms with Gasteiger partial charge in [-0.25, -0.2) is 0 Å². The first-order valence-corrected chi connectivity index (χ1v) is 11.8. The molecule has 0 spiro atoms. The van der Waals surface area contributed by atoms with Gasteiger partial charge < -0.3 is 0 Å². The van der Waals surface area contributed by atoms with Crippen LogP contribution in [-0.2, 0) is 0 Å². The highest BCUT2D eigenvalue weighted by Crippen LogP contribution is 2.46. The fourth-order valence-electron chi connectivity index (χ4n) is 2.88. The van der Waals surface area contributed by atoms with E-state index in [-0.39, 0.29) is 7.92 Å². The normalized spacial score (nSPS) is 13.0. The Morgan fingerprint density at radius 3 is 1.40 bits per heavy atom. The van der Waals surface area contributed by atoms with Crippen LogP contribution in [0.25, 0.3) is 0 Å². The zero-order valence-corrected chi connectivity index (χ0v) is 17.3. The van der Waals surface area contributed by atoms with Crippen molar-refractivity contribution < 1.29 is 0 Å². The lowest BCUT2D eigenvalue weighted by atomic mass is 10.3. The molecule has 1 atom stereocenters. The summed E-state index contributed by atoms with van der Waals surface area (Å²) in [7, 11) is -0.765. The number of benzene rings is 3. The first kappa shape index (κ1) is 18.3. The molecule has 0 unspecified atom stereocenters. The van der Waals surface area contributed by atoms with Crippen LogP contribution in [-0.4, -0.2) is 11.8 Å². The van der Waals surface area contributed by atoms with E-state index in [1.807, 2.05) is 0 Å². The molecular weight excluding hydrogens is 338 g/mol. The molecule has 3 aromatic rings. The van der Waals surface area contributed by atoms with Crippen LogP contribution in [0, 0.1) is 0 Å². The van der Waals surface area contributed by atoms with Gasteiger partial charge in [-0.15, -0.1) is 0 Å². The van der Waals surface area contributed by atoms with E-state index >= 15 is 0 Å². The summed E-state index contributed by atoms with van der Waals surface area (Å²) in [6, 6.07) is 31.1. The first-order valence-electron chi connectivity index (χ1n) is 8.71. The lowest BCUT2D eigenvalue weighted by Crippen LogP contribution is -2.33. The molecule has 0 saturated carbocycles. The second-order valence-corrected chi connectivity index (χ2v) is 12.4. The maximum Gasteiger partial charge on any atom is -0.00741 e. The summed E-state index contributed by atoms with van der Waals surface area (Å²) in [5.74, 6) is 0. The molecule has 0 aliphatic heterocycles. The highest BCUT2D eigenvalue weighted by molar-refractivity contribution is 7.82. The average molecular weight is 364 g/mol. The molecule has 0 amide bonds. The molecular formula is C23H26P2. The molecule has 0 saturated heterocycles. The SMILES string of the molecule is C[P@@](c1ccccc1P(c1ccccc1)c1ccccc1)C(C)(C)C. The van der Waals surface area contributed by atoms with E-state index in [4.69, 9.17) is 0 Å². The van der Waals surface area contributed by atoms with Crippen molar-refractivity contribution >= 4 is 37.1 Å². The van der Waals surface area contributed by atoms with E-state index < -0.39 is 7.92 Å².